The molecule has 1 heterocycles. The number of nitrogens with zero attached hydrogens (tertiary/aromatic N) is 2. The number of nitriles is 1. The molecule has 6 heteroatoms. The minimum atomic E-state index is 0.0730. The van der Waals surface area contributed by atoms with Gasteiger partial charge in [0.2, 0.25) is 0 Å². The van der Waals surface area contributed by atoms with Gasteiger partial charge in [-0.2, -0.15) is 5.26 Å². The van der Waals surface area contributed by atoms with E-state index in [1.165, 1.54) is 7.11 Å². The number of hydrogen-bond acceptors (Lipinski definition) is 5. The van der Waals surface area contributed by atoms with Crippen molar-refractivity contribution >= 4 is 22.7 Å². The Morgan fingerprint density at radius 2 is 2.11 bits per heavy atom. The molecule has 2 aromatic carbocycles. The first-order valence-electron chi connectivity index (χ1n) is 8.26. The van der Waals surface area contributed by atoms with Crippen LogP contribution in [0.1, 0.15) is 17.0 Å². The molecule has 0 radical (unpaired) electrons. The molecule has 0 saturated carbocycles. The predicted molar refractivity (Wildman–Crippen MR) is 105 cm³/mol. The number of aromatic nitrogens is 2. The van der Waals surface area contributed by atoms with Crippen LogP contribution in [0.2, 0.25) is 0 Å². The fourth-order valence-electron chi connectivity index (χ4n) is 2.80. The van der Waals surface area contributed by atoms with E-state index in [-0.39, 0.29) is 5.75 Å². The highest BCUT2D eigenvalue weighted by atomic mass is 16.5. The van der Waals surface area contributed by atoms with E-state index in [0.29, 0.717) is 34.9 Å². The molecule has 0 spiro atoms. The number of phenols is 1. The van der Waals surface area contributed by atoms with Crippen molar-refractivity contribution in [1.82, 2.24) is 9.97 Å². The van der Waals surface area contributed by atoms with Gasteiger partial charge in [-0.15, -0.1) is 6.58 Å². The standard InChI is InChI=1S/C21H19N3O3/c1-4-5-14-8-13(10-19(27-3)20(14)25)9-15(12-22)21-23-17-7-6-16(26-2)11-18(17)24-21/h4,6-11,25H,1,5H2,2-3H3,(H,23,24). The normalized spacial score (nSPS) is 11.2. The van der Waals surface area contributed by atoms with E-state index in [1.807, 2.05) is 18.2 Å². The molecule has 0 saturated heterocycles. The van der Waals surface area contributed by atoms with Crippen molar-refractivity contribution in [2.75, 3.05) is 14.2 Å². The maximum Gasteiger partial charge on any atom is 0.161 e. The number of hydrogen-bond donors (Lipinski definition) is 2. The minimum Gasteiger partial charge on any atom is -0.504 e. The van der Waals surface area contributed by atoms with Gasteiger partial charge in [0.1, 0.15) is 17.6 Å². The van der Waals surface area contributed by atoms with Crippen LogP contribution in [0.25, 0.3) is 22.7 Å². The fourth-order valence-corrected chi connectivity index (χ4v) is 2.80. The van der Waals surface area contributed by atoms with E-state index in [4.69, 9.17) is 9.47 Å². The van der Waals surface area contributed by atoms with Crippen LogP contribution in [0, 0.1) is 11.3 Å². The second kappa shape index (κ2) is 7.67. The van der Waals surface area contributed by atoms with Gasteiger partial charge in [-0.25, -0.2) is 4.98 Å². The third-order valence-electron chi connectivity index (χ3n) is 4.14. The number of allylic oxidation sites excluding steroid dienone is 2. The van der Waals surface area contributed by atoms with Crippen molar-refractivity contribution < 1.29 is 14.6 Å². The Morgan fingerprint density at radius 3 is 2.78 bits per heavy atom. The Bertz CT molecular complexity index is 1070. The molecule has 27 heavy (non-hydrogen) atoms. The first kappa shape index (κ1) is 18.1. The van der Waals surface area contributed by atoms with Crippen LogP contribution < -0.4 is 9.47 Å². The van der Waals surface area contributed by atoms with Crippen LogP contribution in [0.3, 0.4) is 0 Å². The van der Waals surface area contributed by atoms with Gasteiger partial charge in [0.15, 0.2) is 11.5 Å². The zero-order chi connectivity index (χ0) is 19.4. The van der Waals surface area contributed by atoms with Gasteiger partial charge in [-0.1, -0.05) is 6.08 Å². The number of benzene rings is 2. The molecule has 1 aromatic heterocycles. The summed E-state index contributed by atoms with van der Waals surface area (Å²) in [6.07, 6.45) is 3.87. The molecule has 0 bridgehead atoms. The first-order valence-corrected chi connectivity index (χ1v) is 8.26. The molecular formula is C21H19N3O3. The number of methoxy groups -OCH3 is 2. The van der Waals surface area contributed by atoms with E-state index in [2.05, 4.69) is 22.6 Å². The summed E-state index contributed by atoms with van der Waals surface area (Å²) >= 11 is 0. The summed E-state index contributed by atoms with van der Waals surface area (Å²) < 4.78 is 10.4. The number of ether oxygens (including phenoxy) is 2. The van der Waals surface area contributed by atoms with Crippen molar-refractivity contribution in [2.24, 2.45) is 0 Å². The lowest BCUT2D eigenvalue weighted by atomic mass is 10.0. The van der Waals surface area contributed by atoms with Crippen LogP contribution >= 0.6 is 0 Å². The van der Waals surface area contributed by atoms with Crippen molar-refractivity contribution in [3.05, 3.63) is 59.9 Å². The Kier molecular flexibility index (Phi) is 5.13. The van der Waals surface area contributed by atoms with Crippen LogP contribution in [-0.2, 0) is 6.42 Å². The summed E-state index contributed by atoms with van der Waals surface area (Å²) in [5.74, 6) is 1.58. The second-order valence-corrected chi connectivity index (χ2v) is 5.86. The van der Waals surface area contributed by atoms with E-state index >= 15 is 0 Å². The molecule has 3 rings (SSSR count). The summed E-state index contributed by atoms with van der Waals surface area (Å²) in [6.45, 7) is 3.70. The molecule has 0 aliphatic rings. The monoisotopic (exact) mass is 361 g/mol. The van der Waals surface area contributed by atoms with Crippen LogP contribution in [0.5, 0.6) is 17.2 Å². The lowest BCUT2D eigenvalue weighted by molar-refractivity contribution is 0.371. The molecule has 0 aliphatic heterocycles. The number of imidazole rings is 1. The third kappa shape index (κ3) is 3.62. The quantitative estimate of drug-likeness (QED) is 0.510. The Morgan fingerprint density at radius 1 is 1.30 bits per heavy atom. The molecule has 0 unspecified atom stereocenters. The first-order chi connectivity index (χ1) is 13.1. The van der Waals surface area contributed by atoms with Crippen LogP contribution in [-0.4, -0.2) is 29.3 Å². The summed E-state index contributed by atoms with van der Waals surface area (Å²) in [5.41, 5.74) is 3.27. The van der Waals surface area contributed by atoms with Crippen LogP contribution in [0.15, 0.2) is 43.0 Å². The van der Waals surface area contributed by atoms with Gasteiger partial charge >= 0.3 is 0 Å². The Labute approximate surface area is 157 Å². The maximum absolute atomic E-state index is 10.2. The topological polar surface area (TPSA) is 91.2 Å². The molecule has 0 aliphatic carbocycles. The number of phenolic OH excluding ortho intramolecular Hbond substituents is 1. The Balaban J connectivity index is 2.07. The highest BCUT2D eigenvalue weighted by molar-refractivity contribution is 5.90. The van der Waals surface area contributed by atoms with Gasteiger partial charge in [0.05, 0.1) is 30.8 Å². The zero-order valence-electron chi connectivity index (χ0n) is 15.1. The summed E-state index contributed by atoms with van der Waals surface area (Å²) in [6, 6.07) is 11.1. The van der Waals surface area contributed by atoms with Gasteiger partial charge in [0.25, 0.3) is 0 Å². The number of rotatable bonds is 6. The van der Waals surface area contributed by atoms with Crippen molar-refractivity contribution in [1.29, 1.82) is 5.26 Å². The lowest BCUT2D eigenvalue weighted by Gasteiger charge is -2.09. The SMILES string of the molecule is C=CCc1cc(C=C(C#N)c2nc3ccc(OC)cc3[nH]2)cc(OC)c1O. The van der Waals surface area contributed by atoms with Crippen molar-refractivity contribution in [3.63, 3.8) is 0 Å². The lowest BCUT2D eigenvalue weighted by Crippen LogP contribution is -1.92. The molecule has 3 aromatic rings. The largest absolute Gasteiger partial charge is 0.504 e. The molecular weight excluding hydrogens is 342 g/mol. The fraction of sp³-hybridized carbons (Fsp3) is 0.143. The molecule has 136 valence electrons. The maximum atomic E-state index is 10.2. The predicted octanol–water partition coefficient (Wildman–Crippen LogP) is 4.08. The van der Waals surface area contributed by atoms with E-state index in [9.17, 15) is 10.4 Å². The van der Waals surface area contributed by atoms with Crippen molar-refractivity contribution in [2.45, 2.75) is 6.42 Å². The van der Waals surface area contributed by atoms with Gasteiger partial charge in [0, 0.05) is 11.6 Å². The number of aromatic amines is 1. The summed E-state index contributed by atoms with van der Waals surface area (Å²) in [4.78, 5) is 7.62. The van der Waals surface area contributed by atoms with Crippen LogP contribution in [0.4, 0.5) is 0 Å². The number of fused-ring (bicyclic) bond motifs is 1. The highest BCUT2D eigenvalue weighted by Crippen LogP contribution is 2.33. The third-order valence-corrected chi connectivity index (χ3v) is 4.14. The van der Waals surface area contributed by atoms with E-state index < -0.39 is 0 Å². The second-order valence-electron chi connectivity index (χ2n) is 5.86. The molecule has 0 atom stereocenters. The van der Waals surface area contributed by atoms with Gasteiger partial charge in [-0.05, 0) is 42.3 Å². The Hall–Kier alpha value is -3.72. The minimum absolute atomic E-state index is 0.0730. The number of H-pyrrole nitrogens is 1. The van der Waals surface area contributed by atoms with Crippen molar-refractivity contribution in [3.8, 4) is 23.3 Å². The van der Waals surface area contributed by atoms with E-state index in [0.717, 1.165) is 16.6 Å². The van der Waals surface area contributed by atoms with Gasteiger partial charge in [-0.3, -0.25) is 0 Å². The summed E-state index contributed by atoms with van der Waals surface area (Å²) in [5, 5.41) is 19.8. The van der Waals surface area contributed by atoms with E-state index in [1.54, 1.807) is 31.4 Å². The average molecular weight is 361 g/mol. The highest BCUT2D eigenvalue weighted by Gasteiger charge is 2.12. The number of nitrogens with one attached hydrogen (secondary N) is 1. The summed E-state index contributed by atoms with van der Waals surface area (Å²) in [7, 11) is 3.08. The molecule has 0 amide bonds. The van der Waals surface area contributed by atoms with Gasteiger partial charge < -0.3 is 19.6 Å². The molecule has 6 nitrogen and oxygen atoms in total. The zero-order valence-corrected chi connectivity index (χ0v) is 15.1. The number of aromatic hydroxyl groups is 1. The molecule has 0 fully saturated rings. The average Bonchev–Trinajstić information content (AvgIpc) is 3.11. The molecule has 2 N–H and O–H groups in total. The smallest absolute Gasteiger partial charge is 0.161 e.